The van der Waals surface area contributed by atoms with E-state index in [2.05, 4.69) is 42.4 Å². The predicted molar refractivity (Wildman–Crippen MR) is 94.5 cm³/mol. The van der Waals surface area contributed by atoms with E-state index in [-0.39, 0.29) is 4.90 Å². The van der Waals surface area contributed by atoms with Crippen molar-refractivity contribution in [1.29, 1.82) is 0 Å². The Morgan fingerprint density at radius 2 is 1.67 bits per heavy atom. The number of aryl methyl sites for hydroxylation is 2. The number of sulfonamides is 1. The number of hydrogen-bond acceptors (Lipinski definition) is 3. The lowest BCUT2D eigenvalue weighted by molar-refractivity contribution is 0.598. The van der Waals surface area contributed by atoms with Crippen LogP contribution in [0.5, 0.6) is 0 Å². The Bertz CT molecular complexity index is 957. The number of hydrogen-bond donors (Lipinski definition) is 1. The Labute approximate surface area is 141 Å². The van der Waals surface area contributed by atoms with E-state index in [9.17, 15) is 8.42 Å². The number of nitrogens with two attached hydrogens (primary N) is 1. The Morgan fingerprint density at radius 1 is 1.04 bits per heavy atom. The molecular formula is C18H19N3O2S. The molecule has 1 aromatic heterocycles. The van der Waals surface area contributed by atoms with Crippen molar-refractivity contribution < 1.29 is 8.42 Å². The van der Waals surface area contributed by atoms with Gasteiger partial charge in [-0.25, -0.2) is 18.2 Å². The highest BCUT2D eigenvalue weighted by Gasteiger charge is 2.13. The van der Waals surface area contributed by atoms with Gasteiger partial charge in [-0.2, -0.15) is 5.10 Å². The standard InChI is InChI=1S/C18H19N3O2S/c1-3-15-12-18(14-6-4-13(2)5-7-14)21(20-15)16-8-10-17(11-9-16)24(19,22)23/h4-12H,3H2,1-2H3,(H2,19,22,23). The quantitative estimate of drug-likeness (QED) is 0.792. The van der Waals surface area contributed by atoms with Gasteiger partial charge in [-0.1, -0.05) is 36.8 Å². The highest BCUT2D eigenvalue weighted by Crippen LogP contribution is 2.25. The summed E-state index contributed by atoms with van der Waals surface area (Å²) < 4.78 is 24.6. The summed E-state index contributed by atoms with van der Waals surface area (Å²) in [4.78, 5) is 0.0889. The zero-order valence-corrected chi connectivity index (χ0v) is 14.4. The first-order chi connectivity index (χ1) is 11.4. The van der Waals surface area contributed by atoms with Gasteiger partial charge in [0.1, 0.15) is 0 Å². The number of primary sulfonamides is 1. The van der Waals surface area contributed by atoms with Gasteiger partial charge in [0.25, 0.3) is 0 Å². The molecule has 0 atom stereocenters. The molecule has 0 bridgehead atoms. The van der Waals surface area contributed by atoms with Gasteiger partial charge in [-0.15, -0.1) is 0 Å². The molecule has 2 aromatic carbocycles. The molecular weight excluding hydrogens is 322 g/mol. The maximum Gasteiger partial charge on any atom is 0.238 e. The van der Waals surface area contributed by atoms with Crippen molar-refractivity contribution in [2.45, 2.75) is 25.2 Å². The second-order valence-corrected chi connectivity index (χ2v) is 7.25. The van der Waals surface area contributed by atoms with Crippen LogP contribution in [0.25, 0.3) is 16.9 Å². The fraction of sp³-hybridized carbons (Fsp3) is 0.167. The summed E-state index contributed by atoms with van der Waals surface area (Å²) in [5, 5.41) is 9.78. The average molecular weight is 341 g/mol. The Hall–Kier alpha value is -2.44. The topological polar surface area (TPSA) is 78.0 Å². The molecule has 0 unspecified atom stereocenters. The summed E-state index contributed by atoms with van der Waals surface area (Å²) >= 11 is 0. The van der Waals surface area contributed by atoms with Crippen molar-refractivity contribution in [2.24, 2.45) is 5.14 Å². The highest BCUT2D eigenvalue weighted by atomic mass is 32.2. The van der Waals surface area contributed by atoms with E-state index < -0.39 is 10.0 Å². The second kappa shape index (κ2) is 6.22. The Morgan fingerprint density at radius 3 is 2.21 bits per heavy atom. The van der Waals surface area contributed by atoms with Crippen LogP contribution in [-0.2, 0) is 16.4 Å². The molecule has 0 aliphatic rings. The first-order valence-corrected chi connectivity index (χ1v) is 9.22. The van der Waals surface area contributed by atoms with Crippen molar-refractivity contribution in [1.82, 2.24) is 9.78 Å². The van der Waals surface area contributed by atoms with Gasteiger partial charge in [-0.05, 0) is 43.7 Å². The number of aromatic nitrogens is 2. The number of nitrogens with zero attached hydrogens (tertiary/aromatic N) is 2. The van der Waals surface area contributed by atoms with Gasteiger partial charge < -0.3 is 0 Å². The van der Waals surface area contributed by atoms with Crippen molar-refractivity contribution in [3.05, 3.63) is 65.9 Å². The minimum atomic E-state index is -3.70. The van der Waals surface area contributed by atoms with Gasteiger partial charge >= 0.3 is 0 Å². The first kappa shape index (κ1) is 16.4. The SMILES string of the molecule is CCc1cc(-c2ccc(C)cc2)n(-c2ccc(S(N)(=O)=O)cc2)n1. The fourth-order valence-electron chi connectivity index (χ4n) is 2.51. The summed E-state index contributed by atoms with van der Waals surface area (Å²) in [6, 6.07) is 16.7. The van der Waals surface area contributed by atoms with Gasteiger partial charge in [0.15, 0.2) is 0 Å². The van der Waals surface area contributed by atoms with Gasteiger partial charge in [0, 0.05) is 5.56 Å². The summed E-state index contributed by atoms with van der Waals surface area (Å²) in [5.41, 5.74) is 4.98. The molecule has 0 saturated heterocycles. The minimum absolute atomic E-state index is 0.0889. The van der Waals surface area contributed by atoms with E-state index in [1.807, 2.05) is 11.6 Å². The molecule has 5 nitrogen and oxygen atoms in total. The van der Waals surface area contributed by atoms with Crippen LogP contribution in [0.15, 0.2) is 59.5 Å². The largest absolute Gasteiger partial charge is 0.238 e. The molecule has 3 aromatic rings. The molecule has 24 heavy (non-hydrogen) atoms. The van der Waals surface area contributed by atoms with Crippen LogP contribution in [0.4, 0.5) is 0 Å². The van der Waals surface area contributed by atoms with Crippen LogP contribution in [0.3, 0.4) is 0 Å². The molecule has 124 valence electrons. The number of rotatable bonds is 4. The van der Waals surface area contributed by atoms with Crippen LogP contribution in [0.1, 0.15) is 18.2 Å². The number of benzene rings is 2. The van der Waals surface area contributed by atoms with E-state index in [0.29, 0.717) is 0 Å². The maximum atomic E-state index is 11.4. The van der Waals surface area contributed by atoms with Crippen LogP contribution in [-0.4, -0.2) is 18.2 Å². The van der Waals surface area contributed by atoms with E-state index in [4.69, 9.17) is 5.14 Å². The monoisotopic (exact) mass is 341 g/mol. The summed E-state index contributed by atoms with van der Waals surface area (Å²) in [6.45, 7) is 4.10. The third-order valence-corrected chi connectivity index (χ3v) is 4.81. The average Bonchev–Trinajstić information content (AvgIpc) is 2.99. The molecule has 2 N–H and O–H groups in total. The lowest BCUT2D eigenvalue weighted by Gasteiger charge is -2.08. The van der Waals surface area contributed by atoms with Crippen LogP contribution in [0.2, 0.25) is 0 Å². The fourth-order valence-corrected chi connectivity index (χ4v) is 3.02. The zero-order chi connectivity index (χ0) is 17.3. The normalized spacial score (nSPS) is 11.6. The van der Waals surface area contributed by atoms with Crippen molar-refractivity contribution in [3.63, 3.8) is 0 Å². The molecule has 1 heterocycles. The van der Waals surface area contributed by atoms with Crippen LogP contribution < -0.4 is 5.14 Å². The summed E-state index contributed by atoms with van der Waals surface area (Å²) in [5.74, 6) is 0. The Kier molecular flexibility index (Phi) is 4.26. The lowest BCUT2D eigenvalue weighted by Crippen LogP contribution is -2.12. The molecule has 0 saturated carbocycles. The second-order valence-electron chi connectivity index (χ2n) is 5.69. The Balaban J connectivity index is 2.10. The third kappa shape index (κ3) is 3.25. The minimum Gasteiger partial charge on any atom is -0.233 e. The smallest absolute Gasteiger partial charge is 0.233 e. The summed E-state index contributed by atoms with van der Waals surface area (Å²) in [7, 11) is -3.70. The summed E-state index contributed by atoms with van der Waals surface area (Å²) in [6.07, 6.45) is 0.821. The predicted octanol–water partition coefficient (Wildman–Crippen LogP) is 3.06. The zero-order valence-electron chi connectivity index (χ0n) is 13.6. The van der Waals surface area contributed by atoms with Crippen molar-refractivity contribution in [2.75, 3.05) is 0 Å². The first-order valence-electron chi connectivity index (χ1n) is 7.67. The maximum absolute atomic E-state index is 11.4. The van der Waals surface area contributed by atoms with Crippen LogP contribution in [0, 0.1) is 6.92 Å². The molecule has 0 aliphatic carbocycles. The van der Waals surface area contributed by atoms with E-state index in [1.54, 1.807) is 12.1 Å². The molecule has 3 rings (SSSR count). The molecule has 0 radical (unpaired) electrons. The van der Waals surface area contributed by atoms with Gasteiger partial charge in [0.2, 0.25) is 10.0 Å². The lowest BCUT2D eigenvalue weighted by atomic mass is 10.1. The molecule has 6 heteroatoms. The molecule has 0 aliphatic heterocycles. The van der Waals surface area contributed by atoms with E-state index in [1.165, 1.54) is 17.7 Å². The van der Waals surface area contributed by atoms with E-state index >= 15 is 0 Å². The molecule has 0 spiro atoms. The highest BCUT2D eigenvalue weighted by molar-refractivity contribution is 7.89. The van der Waals surface area contributed by atoms with Gasteiger partial charge in [0.05, 0.1) is 22.0 Å². The van der Waals surface area contributed by atoms with Crippen molar-refractivity contribution in [3.8, 4) is 16.9 Å². The van der Waals surface area contributed by atoms with E-state index in [0.717, 1.165) is 29.1 Å². The van der Waals surface area contributed by atoms with Gasteiger partial charge in [-0.3, -0.25) is 0 Å². The van der Waals surface area contributed by atoms with Crippen molar-refractivity contribution >= 4 is 10.0 Å². The third-order valence-electron chi connectivity index (χ3n) is 3.88. The molecule has 0 amide bonds. The molecule has 0 fully saturated rings. The van der Waals surface area contributed by atoms with Crippen LogP contribution >= 0.6 is 0 Å².